The minimum absolute atomic E-state index is 0.109. The highest BCUT2D eigenvalue weighted by atomic mass is 35.5. The predicted octanol–water partition coefficient (Wildman–Crippen LogP) is 3.07. The number of hydrogen-bond acceptors (Lipinski definition) is 3. The molecule has 1 aliphatic rings. The number of rotatable bonds is 4. The van der Waals surface area contributed by atoms with Gasteiger partial charge in [0.25, 0.3) is 5.91 Å². The van der Waals surface area contributed by atoms with E-state index in [0.717, 1.165) is 18.4 Å². The maximum atomic E-state index is 12.4. The van der Waals surface area contributed by atoms with Crippen LogP contribution in [0.3, 0.4) is 0 Å². The Balaban J connectivity index is 1.59. The van der Waals surface area contributed by atoms with Gasteiger partial charge in [0.05, 0.1) is 11.8 Å². The number of likely N-dealkylation sites (tertiary alicyclic amines) is 1. The van der Waals surface area contributed by atoms with Gasteiger partial charge in [0, 0.05) is 18.1 Å². The largest absolute Gasteiger partial charge is 0.388 e. The molecule has 2 heterocycles. The van der Waals surface area contributed by atoms with Crippen LogP contribution in [0.5, 0.6) is 0 Å². The molecule has 1 amide bonds. The molecule has 1 saturated heterocycles. The molecular formula is C18H19ClN2O3. The number of carbonyl (C=O) groups excluding carboxylic acids is 2. The van der Waals surface area contributed by atoms with E-state index in [4.69, 9.17) is 11.6 Å². The van der Waals surface area contributed by atoms with Gasteiger partial charge in [-0.1, -0.05) is 23.7 Å². The number of aldehydes is 1. The molecule has 6 heteroatoms. The molecule has 2 aromatic rings. The van der Waals surface area contributed by atoms with E-state index in [1.165, 1.54) is 0 Å². The standard InChI is InChI=1S/C18H19ClN2O3/c19-14-3-1-12(2-4-14)17(23)13-7-9-21(10-8-13)18(24)16-6-5-15(11-22)20-16/h1-6,11,13,17,20,23H,7-10H2. The second-order valence-corrected chi connectivity index (χ2v) is 6.51. The zero-order valence-corrected chi connectivity index (χ0v) is 13.9. The fourth-order valence-electron chi connectivity index (χ4n) is 3.13. The van der Waals surface area contributed by atoms with Crippen LogP contribution in [0.2, 0.25) is 5.02 Å². The van der Waals surface area contributed by atoms with Crippen molar-refractivity contribution in [1.82, 2.24) is 9.88 Å². The second kappa shape index (κ2) is 7.20. The number of halogens is 1. The molecule has 0 saturated carbocycles. The monoisotopic (exact) mass is 346 g/mol. The topological polar surface area (TPSA) is 73.4 Å². The number of H-pyrrole nitrogens is 1. The number of nitrogens with one attached hydrogen (secondary N) is 1. The summed E-state index contributed by atoms with van der Waals surface area (Å²) in [5.41, 5.74) is 1.67. The van der Waals surface area contributed by atoms with Crippen molar-refractivity contribution in [3.8, 4) is 0 Å². The molecule has 2 N–H and O–H groups in total. The highest BCUT2D eigenvalue weighted by Gasteiger charge is 2.29. The Bertz CT molecular complexity index is 718. The molecule has 0 radical (unpaired) electrons. The van der Waals surface area contributed by atoms with Crippen molar-refractivity contribution >= 4 is 23.8 Å². The van der Waals surface area contributed by atoms with Gasteiger partial charge < -0.3 is 15.0 Å². The van der Waals surface area contributed by atoms with Gasteiger partial charge in [0.2, 0.25) is 0 Å². The summed E-state index contributed by atoms with van der Waals surface area (Å²) in [4.78, 5) is 27.7. The number of aliphatic hydroxyl groups is 1. The molecule has 126 valence electrons. The number of aromatic nitrogens is 1. The van der Waals surface area contributed by atoms with Crippen LogP contribution >= 0.6 is 11.6 Å². The summed E-state index contributed by atoms with van der Waals surface area (Å²) in [6.45, 7) is 1.17. The van der Waals surface area contributed by atoms with Crippen LogP contribution in [0.1, 0.15) is 45.5 Å². The summed E-state index contributed by atoms with van der Waals surface area (Å²) in [7, 11) is 0. The first-order valence-corrected chi connectivity index (χ1v) is 8.33. The number of amides is 1. The number of hydrogen-bond donors (Lipinski definition) is 2. The molecule has 3 rings (SSSR count). The lowest BCUT2D eigenvalue weighted by Gasteiger charge is -2.34. The molecule has 1 atom stereocenters. The first-order valence-electron chi connectivity index (χ1n) is 7.95. The van der Waals surface area contributed by atoms with Crippen LogP contribution in [0.25, 0.3) is 0 Å². The normalized spacial score (nSPS) is 16.8. The van der Waals surface area contributed by atoms with Crippen molar-refractivity contribution < 1.29 is 14.7 Å². The Labute approximate surface area is 145 Å². The van der Waals surface area contributed by atoms with Gasteiger partial charge in [0.15, 0.2) is 6.29 Å². The van der Waals surface area contributed by atoms with E-state index in [0.29, 0.717) is 35.8 Å². The second-order valence-electron chi connectivity index (χ2n) is 6.07. The number of piperidine rings is 1. The highest BCUT2D eigenvalue weighted by molar-refractivity contribution is 6.30. The van der Waals surface area contributed by atoms with Crippen LogP contribution < -0.4 is 0 Å². The fraction of sp³-hybridized carbons (Fsp3) is 0.333. The maximum absolute atomic E-state index is 12.4. The van der Waals surface area contributed by atoms with E-state index in [-0.39, 0.29) is 11.8 Å². The number of benzene rings is 1. The average Bonchev–Trinajstić information content (AvgIpc) is 3.10. The van der Waals surface area contributed by atoms with E-state index in [9.17, 15) is 14.7 Å². The summed E-state index contributed by atoms with van der Waals surface area (Å²) >= 11 is 5.88. The quantitative estimate of drug-likeness (QED) is 0.835. The number of aromatic amines is 1. The van der Waals surface area contributed by atoms with Crippen LogP contribution in [0, 0.1) is 5.92 Å². The molecule has 1 fully saturated rings. The van der Waals surface area contributed by atoms with E-state index in [1.807, 2.05) is 12.1 Å². The summed E-state index contributed by atoms with van der Waals surface area (Å²) in [6.07, 6.45) is 1.60. The summed E-state index contributed by atoms with van der Waals surface area (Å²) in [5, 5.41) is 11.2. The van der Waals surface area contributed by atoms with Gasteiger partial charge in [-0.15, -0.1) is 0 Å². The van der Waals surface area contributed by atoms with Gasteiger partial charge in [-0.05, 0) is 48.6 Å². The third-order valence-electron chi connectivity index (χ3n) is 4.55. The molecular weight excluding hydrogens is 328 g/mol. The summed E-state index contributed by atoms with van der Waals surface area (Å²) < 4.78 is 0. The number of carbonyl (C=O) groups is 2. The van der Waals surface area contributed by atoms with Crippen LogP contribution in [-0.2, 0) is 0 Å². The van der Waals surface area contributed by atoms with Gasteiger partial charge in [-0.2, -0.15) is 0 Å². The maximum Gasteiger partial charge on any atom is 0.270 e. The highest BCUT2D eigenvalue weighted by Crippen LogP contribution is 2.31. The van der Waals surface area contributed by atoms with Crippen molar-refractivity contribution in [2.24, 2.45) is 5.92 Å². The van der Waals surface area contributed by atoms with Crippen molar-refractivity contribution in [3.63, 3.8) is 0 Å². The Morgan fingerprint density at radius 3 is 2.46 bits per heavy atom. The summed E-state index contributed by atoms with van der Waals surface area (Å²) in [6, 6.07) is 10.4. The van der Waals surface area contributed by atoms with E-state index in [1.54, 1.807) is 29.2 Å². The third-order valence-corrected chi connectivity index (χ3v) is 4.80. The third kappa shape index (κ3) is 3.52. The SMILES string of the molecule is O=Cc1ccc(C(=O)N2CCC(C(O)c3ccc(Cl)cc3)CC2)[nH]1. The Hall–Kier alpha value is -2.11. The van der Waals surface area contributed by atoms with E-state index < -0.39 is 6.10 Å². The lowest BCUT2D eigenvalue weighted by atomic mass is 9.87. The van der Waals surface area contributed by atoms with Crippen LogP contribution in [0.4, 0.5) is 0 Å². The van der Waals surface area contributed by atoms with Crippen molar-refractivity contribution in [2.45, 2.75) is 18.9 Å². The van der Waals surface area contributed by atoms with Gasteiger partial charge in [0.1, 0.15) is 5.69 Å². The molecule has 1 unspecified atom stereocenters. The Kier molecular flexibility index (Phi) is 5.02. The molecule has 1 aliphatic heterocycles. The smallest absolute Gasteiger partial charge is 0.270 e. The van der Waals surface area contributed by atoms with Gasteiger partial charge in [-0.3, -0.25) is 9.59 Å². The molecule has 5 nitrogen and oxygen atoms in total. The van der Waals surface area contributed by atoms with Gasteiger partial charge in [-0.25, -0.2) is 0 Å². The van der Waals surface area contributed by atoms with Crippen LogP contribution in [-0.4, -0.2) is 40.3 Å². The van der Waals surface area contributed by atoms with E-state index >= 15 is 0 Å². The first-order chi connectivity index (χ1) is 11.6. The zero-order valence-electron chi connectivity index (χ0n) is 13.1. The van der Waals surface area contributed by atoms with Crippen molar-refractivity contribution in [2.75, 3.05) is 13.1 Å². The lowest BCUT2D eigenvalue weighted by Crippen LogP contribution is -2.40. The lowest BCUT2D eigenvalue weighted by molar-refractivity contribution is 0.0459. The van der Waals surface area contributed by atoms with Crippen LogP contribution in [0.15, 0.2) is 36.4 Å². The minimum Gasteiger partial charge on any atom is -0.388 e. The zero-order chi connectivity index (χ0) is 17.1. The molecule has 0 spiro atoms. The molecule has 0 bridgehead atoms. The molecule has 0 aliphatic carbocycles. The number of nitrogens with zero attached hydrogens (tertiary/aromatic N) is 1. The van der Waals surface area contributed by atoms with Crippen molar-refractivity contribution in [3.05, 3.63) is 58.4 Å². The Morgan fingerprint density at radius 2 is 1.88 bits per heavy atom. The van der Waals surface area contributed by atoms with Crippen molar-refractivity contribution in [1.29, 1.82) is 0 Å². The molecule has 1 aromatic heterocycles. The Morgan fingerprint density at radius 1 is 1.21 bits per heavy atom. The first kappa shape index (κ1) is 16.7. The molecule has 24 heavy (non-hydrogen) atoms. The van der Waals surface area contributed by atoms with Gasteiger partial charge >= 0.3 is 0 Å². The van der Waals surface area contributed by atoms with E-state index in [2.05, 4.69) is 4.98 Å². The fourth-order valence-corrected chi connectivity index (χ4v) is 3.25. The number of aliphatic hydroxyl groups excluding tert-OH is 1. The molecule has 1 aromatic carbocycles. The summed E-state index contributed by atoms with van der Waals surface area (Å²) in [5.74, 6) is 0.00642. The minimum atomic E-state index is -0.549. The average molecular weight is 347 g/mol. The predicted molar refractivity (Wildman–Crippen MR) is 91.2 cm³/mol.